The van der Waals surface area contributed by atoms with Gasteiger partial charge in [-0.3, -0.25) is 0 Å². The van der Waals surface area contributed by atoms with Gasteiger partial charge in [-0.1, -0.05) is 38.5 Å². The first kappa shape index (κ1) is 20.3. The molecule has 0 spiro atoms. The lowest BCUT2D eigenvalue weighted by molar-refractivity contribution is -0.136. The molecule has 26 heavy (non-hydrogen) atoms. The van der Waals surface area contributed by atoms with E-state index < -0.39 is 0 Å². The van der Waals surface area contributed by atoms with Gasteiger partial charge >= 0.3 is 11.9 Å². The highest BCUT2D eigenvalue weighted by atomic mass is 16.5. The molecule has 0 aromatic rings. The maximum absolute atomic E-state index is 11.2. The Hall–Kier alpha value is -1.98. The Morgan fingerprint density at radius 2 is 1.04 bits per heavy atom. The summed E-state index contributed by atoms with van der Waals surface area (Å²) in [6, 6.07) is 0. The third-order valence-corrected chi connectivity index (χ3v) is 4.46. The van der Waals surface area contributed by atoms with Crippen molar-refractivity contribution >= 4 is 11.9 Å². The van der Waals surface area contributed by atoms with E-state index in [9.17, 15) is 9.59 Å². The van der Waals surface area contributed by atoms with Crippen LogP contribution in [0.15, 0.2) is 23.7 Å². The minimum Gasteiger partial charge on any atom is -0.501 e. The molecule has 0 atom stereocenters. The number of carbonyl (C=O) groups excluding carboxylic acids is 2. The Bertz CT molecular complexity index is 462. The second kappa shape index (κ2) is 12.4. The number of cyclic esters (lactones) is 2. The molecule has 2 aliphatic heterocycles. The summed E-state index contributed by atoms with van der Waals surface area (Å²) < 4.78 is 20.5. The lowest BCUT2D eigenvalue weighted by Crippen LogP contribution is -1.97. The molecule has 2 rings (SSSR count). The van der Waals surface area contributed by atoms with Crippen LogP contribution in [0.1, 0.15) is 64.2 Å². The minimum atomic E-state index is -0.243. The molecule has 6 nitrogen and oxygen atoms in total. The molecular weight excluding hydrogens is 336 g/mol. The molecule has 2 fully saturated rings. The summed E-state index contributed by atoms with van der Waals surface area (Å²) >= 11 is 0. The number of hydrogen-bond donors (Lipinski definition) is 0. The standard InChI is InChI=1S/C20H30O6/c21-19-17(9-13-25-19)15-23-11-7-5-3-1-2-4-6-8-12-24-16-18-10-14-26-20(18)22/h15-16H,1-14H2/b17-15-,18-16+. The Kier molecular flexibility index (Phi) is 9.69. The van der Waals surface area contributed by atoms with Crippen LogP contribution in [0.5, 0.6) is 0 Å². The van der Waals surface area contributed by atoms with Crippen LogP contribution in [0, 0.1) is 0 Å². The smallest absolute Gasteiger partial charge is 0.337 e. The van der Waals surface area contributed by atoms with Crippen molar-refractivity contribution in [1.29, 1.82) is 0 Å². The first-order valence-electron chi connectivity index (χ1n) is 9.73. The van der Waals surface area contributed by atoms with Crippen molar-refractivity contribution in [2.24, 2.45) is 0 Å². The molecule has 0 amide bonds. The average Bonchev–Trinajstić information content (AvgIpc) is 3.23. The zero-order chi connectivity index (χ0) is 18.5. The van der Waals surface area contributed by atoms with E-state index in [4.69, 9.17) is 18.9 Å². The van der Waals surface area contributed by atoms with E-state index in [1.807, 2.05) is 0 Å². The van der Waals surface area contributed by atoms with Gasteiger partial charge in [0, 0.05) is 12.8 Å². The molecule has 0 aromatic heterocycles. The summed E-state index contributed by atoms with van der Waals surface area (Å²) in [5.74, 6) is -0.485. The summed E-state index contributed by atoms with van der Waals surface area (Å²) in [6.07, 6.45) is 13.7. The normalized spacial score (nSPS) is 19.8. The van der Waals surface area contributed by atoms with E-state index in [1.54, 1.807) is 12.5 Å². The number of esters is 2. The Balaban J connectivity index is 1.31. The topological polar surface area (TPSA) is 71.1 Å². The molecule has 0 radical (unpaired) electrons. The van der Waals surface area contributed by atoms with Crippen molar-refractivity contribution in [3.63, 3.8) is 0 Å². The molecule has 0 saturated carbocycles. The van der Waals surface area contributed by atoms with Crippen LogP contribution in [0.2, 0.25) is 0 Å². The van der Waals surface area contributed by atoms with Gasteiger partial charge in [-0.15, -0.1) is 0 Å². The third kappa shape index (κ3) is 7.93. The van der Waals surface area contributed by atoms with Crippen LogP contribution < -0.4 is 0 Å². The number of hydrogen-bond acceptors (Lipinski definition) is 6. The molecule has 146 valence electrons. The van der Waals surface area contributed by atoms with Crippen LogP contribution in [0.25, 0.3) is 0 Å². The van der Waals surface area contributed by atoms with Gasteiger partial charge in [-0.25, -0.2) is 9.59 Å². The van der Waals surface area contributed by atoms with Gasteiger partial charge in [-0.05, 0) is 12.8 Å². The maximum atomic E-state index is 11.2. The summed E-state index contributed by atoms with van der Waals surface area (Å²) in [5, 5.41) is 0. The Morgan fingerprint density at radius 1 is 0.654 bits per heavy atom. The van der Waals surface area contributed by atoms with Gasteiger partial charge in [0.05, 0.1) is 50.1 Å². The highest BCUT2D eigenvalue weighted by molar-refractivity contribution is 5.90. The molecule has 0 bridgehead atoms. The zero-order valence-electron chi connectivity index (χ0n) is 15.5. The van der Waals surface area contributed by atoms with E-state index in [2.05, 4.69) is 0 Å². The number of ether oxygens (including phenoxy) is 4. The van der Waals surface area contributed by atoms with Crippen molar-refractivity contribution in [2.75, 3.05) is 26.4 Å². The fourth-order valence-corrected chi connectivity index (χ4v) is 2.86. The SMILES string of the molecule is O=C1OCC/C1=C/OCCCCCCCCCCO/C=C1\CCOC1=O. The number of unbranched alkanes of at least 4 members (excludes halogenated alkanes) is 7. The third-order valence-electron chi connectivity index (χ3n) is 4.46. The molecule has 0 N–H and O–H groups in total. The van der Waals surface area contributed by atoms with Crippen LogP contribution in [-0.2, 0) is 28.5 Å². The van der Waals surface area contributed by atoms with Crippen LogP contribution in [-0.4, -0.2) is 38.4 Å². The van der Waals surface area contributed by atoms with Crippen molar-refractivity contribution in [3.8, 4) is 0 Å². The first-order valence-corrected chi connectivity index (χ1v) is 9.73. The Morgan fingerprint density at radius 3 is 1.38 bits per heavy atom. The molecule has 0 aliphatic carbocycles. The molecule has 6 heteroatoms. The molecule has 2 saturated heterocycles. The molecular formula is C20H30O6. The maximum Gasteiger partial charge on any atom is 0.337 e. The number of rotatable bonds is 13. The molecule has 2 aliphatic rings. The second-order valence-electron chi connectivity index (χ2n) is 6.63. The minimum absolute atomic E-state index is 0.243. The van der Waals surface area contributed by atoms with E-state index in [0.717, 1.165) is 25.7 Å². The fourth-order valence-electron chi connectivity index (χ4n) is 2.86. The van der Waals surface area contributed by atoms with E-state index in [0.29, 0.717) is 50.4 Å². The van der Waals surface area contributed by atoms with Crippen LogP contribution >= 0.6 is 0 Å². The van der Waals surface area contributed by atoms with Gasteiger partial charge in [0.25, 0.3) is 0 Å². The Labute approximate surface area is 155 Å². The molecule has 0 unspecified atom stereocenters. The van der Waals surface area contributed by atoms with Crippen molar-refractivity contribution in [3.05, 3.63) is 23.7 Å². The van der Waals surface area contributed by atoms with E-state index >= 15 is 0 Å². The fraction of sp³-hybridized carbons (Fsp3) is 0.700. The summed E-state index contributed by atoms with van der Waals surface area (Å²) in [6.45, 7) is 2.29. The lowest BCUT2D eigenvalue weighted by atomic mass is 10.1. The second-order valence-corrected chi connectivity index (χ2v) is 6.63. The monoisotopic (exact) mass is 366 g/mol. The van der Waals surface area contributed by atoms with Crippen molar-refractivity contribution in [1.82, 2.24) is 0 Å². The van der Waals surface area contributed by atoms with Gasteiger partial charge in [0.1, 0.15) is 0 Å². The summed E-state index contributed by atoms with van der Waals surface area (Å²) in [7, 11) is 0. The van der Waals surface area contributed by atoms with Crippen LogP contribution in [0.3, 0.4) is 0 Å². The highest BCUT2D eigenvalue weighted by Gasteiger charge is 2.19. The van der Waals surface area contributed by atoms with Gasteiger partial charge in [0.2, 0.25) is 0 Å². The zero-order valence-corrected chi connectivity index (χ0v) is 15.5. The van der Waals surface area contributed by atoms with Gasteiger partial charge < -0.3 is 18.9 Å². The summed E-state index contributed by atoms with van der Waals surface area (Å²) in [5.41, 5.74) is 1.29. The molecule has 2 heterocycles. The van der Waals surface area contributed by atoms with E-state index in [-0.39, 0.29) is 11.9 Å². The van der Waals surface area contributed by atoms with Gasteiger partial charge in [-0.2, -0.15) is 0 Å². The predicted molar refractivity (Wildman–Crippen MR) is 96.2 cm³/mol. The van der Waals surface area contributed by atoms with E-state index in [1.165, 1.54) is 25.7 Å². The largest absolute Gasteiger partial charge is 0.501 e. The lowest BCUT2D eigenvalue weighted by Gasteiger charge is -2.04. The quantitative estimate of drug-likeness (QED) is 0.214. The summed E-state index contributed by atoms with van der Waals surface area (Å²) in [4.78, 5) is 22.4. The first-order chi connectivity index (χ1) is 12.8. The highest BCUT2D eigenvalue weighted by Crippen LogP contribution is 2.14. The van der Waals surface area contributed by atoms with Gasteiger partial charge in [0.15, 0.2) is 0 Å². The number of carbonyl (C=O) groups is 2. The molecule has 0 aromatic carbocycles. The van der Waals surface area contributed by atoms with Crippen LogP contribution in [0.4, 0.5) is 0 Å². The van der Waals surface area contributed by atoms with Crippen molar-refractivity contribution in [2.45, 2.75) is 64.2 Å². The van der Waals surface area contributed by atoms with Crippen molar-refractivity contribution < 1.29 is 28.5 Å². The average molecular weight is 366 g/mol. The predicted octanol–water partition coefficient (Wildman–Crippen LogP) is 3.80.